The molecule has 1 N–H and O–H groups in total. The first-order valence-corrected chi connectivity index (χ1v) is 8.31. The van der Waals surface area contributed by atoms with Crippen LogP contribution < -0.4 is 4.72 Å². The van der Waals surface area contributed by atoms with Crippen LogP contribution in [0.3, 0.4) is 0 Å². The lowest BCUT2D eigenvalue weighted by atomic mass is 10.1. The summed E-state index contributed by atoms with van der Waals surface area (Å²) in [6.45, 7) is 8.62. The molecule has 1 heterocycles. The topological polar surface area (TPSA) is 49.2 Å². The van der Waals surface area contributed by atoms with Gasteiger partial charge in [-0.3, -0.25) is 4.90 Å². The van der Waals surface area contributed by atoms with Crippen LogP contribution in [0.25, 0.3) is 0 Å². The second-order valence-electron chi connectivity index (χ2n) is 5.36. The maximum Gasteiger partial charge on any atom is 0.215 e. The number of nitrogens with zero attached hydrogens (tertiary/aromatic N) is 1. The van der Waals surface area contributed by atoms with Gasteiger partial charge in [0.2, 0.25) is 10.0 Å². The van der Waals surface area contributed by atoms with Gasteiger partial charge in [-0.2, -0.15) is 0 Å². The summed E-state index contributed by atoms with van der Waals surface area (Å²) in [5.41, 5.74) is 2.98. The molecule has 1 aliphatic rings. The first kappa shape index (κ1) is 14.5. The van der Waals surface area contributed by atoms with Gasteiger partial charge in [0.25, 0.3) is 0 Å². The third kappa shape index (κ3) is 4.03. The highest BCUT2D eigenvalue weighted by molar-refractivity contribution is 7.88. The average Bonchev–Trinajstić information content (AvgIpc) is 3.15. The molecule has 0 aromatic heterocycles. The highest BCUT2D eigenvalue weighted by Gasteiger charge is 2.25. The molecule has 1 aromatic rings. The van der Waals surface area contributed by atoms with Gasteiger partial charge < -0.3 is 0 Å². The minimum Gasteiger partial charge on any atom is -0.297 e. The highest BCUT2D eigenvalue weighted by Crippen LogP contribution is 2.16. The molecule has 5 heteroatoms. The van der Waals surface area contributed by atoms with Crippen LogP contribution in [-0.4, -0.2) is 39.0 Å². The van der Waals surface area contributed by atoms with Crippen LogP contribution in [0.15, 0.2) is 18.2 Å². The first-order chi connectivity index (χ1) is 8.89. The van der Waals surface area contributed by atoms with E-state index in [1.165, 1.54) is 0 Å². The van der Waals surface area contributed by atoms with Crippen LogP contribution in [0.2, 0.25) is 0 Å². The van der Waals surface area contributed by atoms with Crippen LogP contribution in [0, 0.1) is 13.8 Å². The molecule has 0 spiro atoms. The zero-order valence-electron chi connectivity index (χ0n) is 11.8. The lowest BCUT2D eigenvalue weighted by Gasteiger charge is -2.15. The van der Waals surface area contributed by atoms with E-state index in [1.807, 2.05) is 32.0 Å². The van der Waals surface area contributed by atoms with E-state index in [-0.39, 0.29) is 11.8 Å². The van der Waals surface area contributed by atoms with Crippen molar-refractivity contribution in [2.45, 2.75) is 32.6 Å². The van der Waals surface area contributed by atoms with Gasteiger partial charge in [-0.15, -0.1) is 0 Å². The Balaban J connectivity index is 2.00. The summed E-state index contributed by atoms with van der Waals surface area (Å²) in [4.78, 5) is 2.24. The minimum absolute atomic E-state index is 0.0677. The molecule has 4 nitrogen and oxygen atoms in total. The van der Waals surface area contributed by atoms with E-state index in [0.29, 0.717) is 6.54 Å². The van der Waals surface area contributed by atoms with E-state index >= 15 is 0 Å². The van der Waals surface area contributed by atoms with E-state index in [1.54, 1.807) is 0 Å². The second kappa shape index (κ2) is 5.61. The van der Waals surface area contributed by atoms with Crippen LogP contribution in [0.1, 0.15) is 23.6 Å². The smallest absolute Gasteiger partial charge is 0.215 e. The third-order valence-electron chi connectivity index (χ3n) is 3.68. The van der Waals surface area contributed by atoms with Gasteiger partial charge in [-0.1, -0.05) is 18.2 Å². The Kier molecular flexibility index (Phi) is 4.28. The predicted molar refractivity (Wildman–Crippen MR) is 77.6 cm³/mol. The fourth-order valence-electron chi connectivity index (χ4n) is 2.19. The number of hydrogen-bond donors (Lipinski definition) is 1. The Morgan fingerprint density at radius 2 is 1.84 bits per heavy atom. The first-order valence-electron chi connectivity index (χ1n) is 6.65. The highest BCUT2D eigenvalue weighted by atomic mass is 32.2. The van der Waals surface area contributed by atoms with E-state index in [4.69, 9.17) is 0 Å². The van der Waals surface area contributed by atoms with Crippen LogP contribution in [0.5, 0.6) is 0 Å². The molecule has 1 fully saturated rings. The van der Waals surface area contributed by atoms with Gasteiger partial charge in [0.15, 0.2) is 0 Å². The van der Waals surface area contributed by atoms with Crippen LogP contribution >= 0.6 is 0 Å². The Labute approximate surface area is 115 Å². The molecule has 0 radical (unpaired) electrons. The van der Waals surface area contributed by atoms with Crippen molar-refractivity contribution in [3.63, 3.8) is 0 Å². The number of aryl methyl sites for hydroxylation is 2. The number of rotatable bonds is 6. The lowest BCUT2D eigenvalue weighted by molar-refractivity contribution is 0.422. The number of benzene rings is 1. The van der Waals surface area contributed by atoms with Crippen molar-refractivity contribution in [3.05, 3.63) is 34.9 Å². The van der Waals surface area contributed by atoms with Gasteiger partial charge in [-0.05, 0) is 37.5 Å². The SMILES string of the molecule is Cc1cccc(C)c1CS(=O)(=O)NCC(C)N1CC1. The fraction of sp³-hybridized carbons (Fsp3) is 0.571. The molecule has 19 heavy (non-hydrogen) atoms. The van der Waals surface area contributed by atoms with Gasteiger partial charge in [-0.25, -0.2) is 13.1 Å². The third-order valence-corrected chi connectivity index (χ3v) is 4.96. The predicted octanol–water partition coefficient (Wildman–Crippen LogP) is 1.43. The summed E-state index contributed by atoms with van der Waals surface area (Å²) in [5.74, 6) is 0.0677. The summed E-state index contributed by atoms with van der Waals surface area (Å²) in [7, 11) is -3.26. The maximum absolute atomic E-state index is 12.1. The molecular weight excluding hydrogens is 260 g/mol. The average molecular weight is 282 g/mol. The van der Waals surface area contributed by atoms with Crippen molar-refractivity contribution in [2.75, 3.05) is 19.6 Å². The normalized spacial score (nSPS) is 17.4. The molecule has 2 rings (SSSR count). The Morgan fingerprint density at radius 3 is 2.37 bits per heavy atom. The zero-order chi connectivity index (χ0) is 14.0. The molecule has 1 aromatic carbocycles. The molecule has 106 valence electrons. The monoisotopic (exact) mass is 282 g/mol. The molecule has 1 saturated heterocycles. The molecule has 1 unspecified atom stereocenters. The number of sulfonamides is 1. The molecule has 0 bridgehead atoms. The summed E-state index contributed by atoms with van der Waals surface area (Å²) >= 11 is 0. The van der Waals surface area contributed by atoms with Crippen molar-refractivity contribution in [2.24, 2.45) is 0 Å². The Bertz CT molecular complexity index is 530. The number of nitrogens with one attached hydrogen (secondary N) is 1. The van der Waals surface area contributed by atoms with E-state index < -0.39 is 10.0 Å². The summed E-state index contributed by atoms with van der Waals surface area (Å²) in [6, 6.07) is 6.15. The van der Waals surface area contributed by atoms with Crippen molar-refractivity contribution in [3.8, 4) is 0 Å². The quantitative estimate of drug-likeness (QED) is 0.803. The molecule has 1 atom stereocenters. The summed E-state index contributed by atoms with van der Waals surface area (Å²) in [6.07, 6.45) is 0. The molecule has 0 saturated carbocycles. The lowest BCUT2D eigenvalue weighted by Crippen LogP contribution is -2.35. The van der Waals surface area contributed by atoms with Gasteiger partial charge in [0.1, 0.15) is 0 Å². The standard InChI is InChI=1S/C14H22N2O2S/c1-11-5-4-6-12(2)14(11)10-19(17,18)15-9-13(3)16-7-8-16/h4-6,13,15H,7-10H2,1-3H3. The van der Waals surface area contributed by atoms with Crippen molar-refractivity contribution >= 4 is 10.0 Å². The molecule has 0 amide bonds. The minimum atomic E-state index is -3.26. The second-order valence-corrected chi connectivity index (χ2v) is 7.17. The van der Waals surface area contributed by atoms with Crippen LogP contribution in [0.4, 0.5) is 0 Å². The Morgan fingerprint density at radius 1 is 1.26 bits per heavy atom. The van der Waals surface area contributed by atoms with Crippen LogP contribution in [-0.2, 0) is 15.8 Å². The number of hydrogen-bond acceptors (Lipinski definition) is 3. The van der Waals surface area contributed by atoms with Gasteiger partial charge in [0, 0.05) is 25.7 Å². The van der Waals surface area contributed by atoms with Crippen molar-refractivity contribution in [1.82, 2.24) is 9.62 Å². The summed E-state index contributed by atoms with van der Waals surface area (Å²) in [5, 5.41) is 0. The largest absolute Gasteiger partial charge is 0.297 e. The summed E-state index contributed by atoms with van der Waals surface area (Å²) < 4.78 is 27.0. The van der Waals surface area contributed by atoms with E-state index in [0.717, 1.165) is 29.8 Å². The van der Waals surface area contributed by atoms with Crippen molar-refractivity contribution < 1.29 is 8.42 Å². The van der Waals surface area contributed by atoms with Crippen molar-refractivity contribution in [1.29, 1.82) is 0 Å². The van der Waals surface area contributed by atoms with Gasteiger partial charge in [0.05, 0.1) is 5.75 Å². The van der Waals surface area contributed by atoms with E-state index in [9.17, 15) is 8.42 Å². The Hall–Kier alpha value is -0.910. The zero-order valence-corrected chi connectivity index (χ0v) is 12.6. The maximum atomic E-state index is 12.1. The molecule has 0 aliphatic carbocycles. The molecular formula is C14H22N2O2S. The molecule has 1 aliphatic heterocycles. The fourth-order valence-corrected chi connectivity index (χ4v) is 3.63. The van der Waals surface area contributed by atoms with Gasteiger partial charge >= 0.3 is 0 Å². The van der Waals surface area contributed by atoms with E-state index in [2.05, 4.69) is 16.5 Å².